The molecule has 1 N–H and O–H groups in total. The van der Waals surface area contributed by atoms with E-state index in [1.807, 2.05) is 50.2 Å². The van der Waals surface area contributed by atoms with Crippen molar-refractivity contribution in [1.29, 1.82) is 0 Å². The summed E-state index contributed by atoms with van der Waals surface area (Å²) in [5, 5.41) is 2.27. The number of aryl methyl sites for hydroxylation is 2. The Morgan fingerprint density at radius 1 is 0.882 bits per heavy atom. The summed E-state index contributed by atoms with van der Waals surface area (Å²) in [6, 6.07) is 17.7. The van der Waals surface area contributed by atoms with Crippen LogP contribution >= 0.6 is 31.9 Å². The number of benzene rings is 3. The fourth-order valence-electron chi connectivity index (χ4n) is 3.63. The molecule has 3 aromatic carbocycles. The normalized spacial score (nSPS) is 15.0. The van der Waals surface area contributed by atoms with Crippen LogP contribution in [0.4, 0.5) is 10.5 Å². The molecule has 34 heavy (non-hydrogen) atoms. The molecule has 4 rings (SSSR count). The topological polar surface area (TPSA) is 75.7 Å². The summed E-state index contributed by atoms with van der Waals surface area (Å²) < 4.78 is 7.71. The maximum absolute atomic E-state index is 13.3. The van der Waals surface area contributed by atoms with Gasteiger partial charge in [0.1, 0.15) is 17.9 Å². The number of rotatable bonds is 5. The van der Waals surface area contributed by atoms with E-state index in [0.717, 1.165) is 30.5 Å². The molecule has 1 saturated heterocycles. The molecule has 0 bridgehead atoms. The lowest BCUT2D eigenvalue weighted by molar-refractivity contribution is -0.122. The molecule has 0 spiro atoms. The van der Waals surface area contributed by atoms with Gasteiger partial charge in [-0.2, -0.15) is 0 Å². The highest BCUT2D eigenvalue weighted by Crippen LogP contribution is 2.29. The van der Waals surface area contributed by atoms with Crippen molar-refractivity contribution >= 4 is 61.5 Å². The molecular weight excluding hydrogens is 564 g/mol. The molecule has 4 amide bonds. The van der Waals surface area contributed by atoms with Crippen molar-refractivity contribution in [2.24, 2.45) is 0 Å². The summed E-state index contributed by atoms with van der Waals surface area (Å²) >= 11 is 6.84. The van der Waals surface area contributed by atoms with Crippen molar-refractivity contribution in [3.05, 3.63) is 97.4 Å². The SMILES string of the molecule is Cc1cc(C)cc(N2C(=O)NC(=O)/C(=C\c3cc(Br)ccc3OCc3ccc(Br)cc3)C2=O)c1. The highest BCUT2D eigenvalue weighted by Gasteiger charge is 2.37. The first-order valence-corrected chi connectivity index (χ1v) is 12.0. The summed E-state index contributed by atoms with van der Waals surface area (Å²) in [7, 11) is 0. The van der Waals surface area contributed by atoms with E-state index in [-0.39, 0.29) is 5.57 Å². The molecule has 0 saturated carbocycles. The molecule has 1 fully saturated rings. The Labute approximate surface area is 213 Å². The smallest absolute Gasteiger partial charge is 0.335 e. The molecule has 8 heteroatoms. The van der Waals surface area contributed by atoms with Crippen LogP contribution in [0.5, 0.6) is 5.75 Å². The number of carbonyl (C=O) groups excluding carboxylic acids is 3. The molecule has 1 aliphatic rings. The number of barbiturate groups is 1. The fourth-order valence-corrected chi connectivity index (χ4v) is 4.28. The number of imide groups is 2. The number of hydrogen-bond acceptors (Lipinski definition) is 4. The van der Waals surface area contributed by atoms with Crippen molar-refractivity contribution in [2.75, 3.05) is 4.90 Å². The molecule has 0 unspecified atom stereocenters. The first kappa shape index (κ1) is 23.9. The number of ether oxygens (including phenoxy) is 1. The van der Waals surface area contributed by atoms with Crippen LogP contribution in [-0.2, 0) is 16.2 Å². The standard InChI is InChI=1S/C26H20Br2N2O4/c1-15-9-16(2)11-21(10-15)30-25(32)22(24(31)29-26(30)33)13-18-12-20(28)7-8-23(18)34-14-17-3-5-19(27)6-4-17/h3-13H,14H2,1-2H3,(H,29,31,33)/b22-13+. The van der Waals surface area contributed by atoms with Gasteiger partial charge < -0.3 is 4.74 Å². The van der Waals surface area contributed by atoms with E-state index in [9.17, 15) is 14.4 Å². The zero-order chi connectivity index (χ0) is 24.4. The number of nitrogens with one attached hydrogen (secondary N) is 1. The zero-order valence-electron chi connectivity index (χ0n) is 18.4. The van der Waals surface area contributed by atoms with Crippen LogP contribution in [0.2, 0.25) is 0 Å². The van der Waals surface area contributed by atoms with E-state index in [0.29, 0.717) is 23.6 Å². The Morgan fingerprint density at radius 2 is 1.53 bits per heavy atom. The van der Waals surface area contributed by atoms with E-state index in [4.69, 9.17) is 4.74 Å². The first-order chi connectivity index (χ1) is 16.2. The summed E-state index contributed by atoms with van der Waals surface area (Å²) in [5.74, 6) is -0.957. The van der Waals surface area contributed by atoms with E-state index in [2.05, 4.69) is 37.2 Å². The molecule has 3 aromatic rings. The van der Waals surface area contributed by atoms with Gasteiger partial charge in [-0.3, -0.25) is 14.9 Å². The van der Waals surface area contributed by atoms with Crippen LogP contribution in [0.25, 0.3) is 6.08 Å². The summed E-state index contributed by atoms with van der Waals surface area (Å²) in [5.41, 5.74) is 3.52. The molecule has 0 aromatic heterocycles. The van der Waals surface area contributed by atoms with Gasteiger partial charge in [-0.05, 0) is 79.1 Å². The van der Waals surface area contributed by atoms with Crippen LogP contribution < -0.4 is 15.0 Å². The summed E-state index contributed by atoms with van der Waals surface area (Å²) in [6.07, 6.45) is 1.45. The van der Waals surface area contributed by atoms with E-state index in [1.165, 1.54) is 6.08 Å². The van der Waals surface area contributed by atoms with Crippen LogP contribution in [0.3, 0.4) is 0 Å². The number of urea groups is 1. The number of carbonyl (C=O) groups is 3. The Hall–Kier alpha value is -3.23. The third kappa shape index (κ3) is 5.29. The average Bonchev–Trinajstić information content (AvgIpc) is 2.76. The predicted octanol–water partition coefficient (Wildman–Crippen LogP) is 6.07. The van der Waals surface area contributed by atoms with Crippen molar-refractivity contribution < 1.29 is 19.1 Å². The van der Waals surface area contributed by atoms with Gasteiger partial charge >= 0.3 is 6.03 Å². The van der Waals surface area contributed by atoms with Crippen LogP contribution in [-0.4, -0.2) is 17.8 Å². The molecule has 0 radical (unpaired) electrons. The maximum Gasteiger partial charge on any atom is 0.335 e. The van der Waals surface area contributed by atoms with Crippen molar-refractivity contribution in [3.8, 4) is 5.75 Å². The number of amides is 4. The second-order valence-electron chi connectivity index (χ2n) is 7.90. The van der Waals surface area contributed by atoms with Gasteiger partial charge in [0, 0.05) is 14.5 Å². The number of anilines is 1. The monoisotopic (exact) mass is 582 g/mol. The van der Waals surface area contributed by atoms with Gasteiger partial charge in [0.05, 0.1) is 5.69 Å². The lowest BCUT2D eigenvalue weighted by Gasteiger charge is -2.27. The zero-order valence-corrected chi connectivity index (χ0v) is 21.6. The highest BCUT2D eigenvalue weighted by molar-refractivity contribution is 9.10. The second-order valence-corrected chi connectivity index (χ2v) is 9.73. The molecule has 0 atom stereocenters. The van der Waals surface area contributed by atoms with Crippen LogP contribution in [0, 0.1) is 13.8 Å². The van der Waals surface area contributed by atoms with Crippen LogP contribution in [0.1, 0.15) is 22.3 Å². The first-order valence-electron chi connectivity index (χ1n) is 10.4. The van der Waals surface area contributed by atoms with Gasteiger partial charge in [0.15, 0.2) is 0 Å². The molecule has 172 valence electrons. The number of nitrogens with zero attached hydrogens (tertiary/aromatic N) is 1. The largest absolute Gasteiger partial charge is 0.488 e. The van der Waals surface area contributed by atoms with Crippen molar-refractivity contribution in [1.82, 2.24) is 5.32 Å². The second kappa shape index (κ2) is 9.95. The Balaban J connectivity index is 1.68. The Kier molecular flexibility index (Phi) is 7.00. The number of hydrogen-bond donors (Lipinski definition) is 1. The molecule has 0 aliphatic carbocycles. The fraction of sp³-hybridized carbons (Fsp3) is 0.115. The van der Waals surface area contributed by atoms with Crippen molar-refractivity contribution in [3.63, 3.8) is 0 Å². The molecule has 1 heterocycles. The number of halogens is 2. The van der Waals surface area contributed by atoms with Crippen LogP contribution in [0.15, 0.2) is 75.2 Å². The minimum Gasteiger partial charge on any atom is -0.488 e. The van der Waals surface area contributed by atoms with Gasteiger partial charge in [0.2, 0.25) is 0 Å². The highest BCUT2D eigenvalue weighted by atomic mass is 79.9. The third-order valence-corrected chi connectivity index (χ3v) is 6.17. The van der Waals surface area contributed by atoms with Gasteiger partial charge in [0.25, 0.3) is 11.8 Å². The van der Waals surface area contributed by atoms with Gasteiger partial charge in [-0.1, -0.05) is 50.1 Å². The maximum atomic E-state index is 13.3. The molecule has 1 aliphatic heterocycles. The van der Waals surface area contributed by atoms with E-state index >= 15 is 0 Å². The molecule has 6 nitrogen and oxygen atoms in total. The van der Waals surface area contributed by atoms with E-state index in [1.54, 1.807) is 24.3 Å². The minimum absolute atomic E-state index is 0.162. The third-order valence-electron chi connectivity index (χ3n) is 5.15. The minimum atomic E-state index is -0.780. The lowest BCUT2D eigenvalue weighted by Crippen LogP contribution is -2.54. The lowest BCUT2D eigenvalue weighted by atomic mass is 10.0. The quantitative estimate of drug-likeness (QED) is 0.292. The van der Waals surface area contributed by atoms with E-state index < -0.39 is 17.8 Å². The average molecular weight is 584 g/mol. The molecular formula is C26H20Br2N2O4. The summed E-state index contributed by atoms with van der Waals surface area (Å²) in [4.78, 5) is 39.5. The van der Waals surface area contributed by atoms with Gasteiger partial charge in [-0.25, -0.2) is 9.69 Å². The predicted molar refractivity (Wildman–Crippen MR) is 138 cm³/mol. The Morgan fingerprint density at radius 3 is 2.21 bits per heavy atom. The van der Waals surface area contributed by atoms with Gasteiger partial charge in [-0.15, -0.1) is 0 Å². The Bertz CT molecular complexity index is 1310. The van der Waals surface area contributed by atoms with Crippen molar-refractivity contribution in [2.45, 2.75) is 20.5 Å². The summed E-state index contributed by atoms with van der Waals surface area (Å²) in [6.45, 7) is 4.06.